The van der Waals surface area contributed by atoms with Crippen molar-refractivity contribution in [2.75, 3.05) is 6.61 Å². The zero-order chi connectivity index (χ0) is 9.14. The van der Waals surface area contributed by atoms with Gasteiger partial charge in [0.1, 0.15) is 6.04 Å². The number of hydrogen-bond donors (Lipinski definition) is 0. The highest BCUT2D eigenvalue weighted by molar-refractivity contribution is 6.23. The van der Waals surface area contributed by atoms with E-state index in [0.29, 0.717) is 19.4 Å². The molecule has 5 heteroatoms. The maximum atomic E-state index is 11.1. The van der Waals surface area contributed by atoms with Crippen LogP contribution in [0.5, 0.6) is 0 Å². The third kappa shape index (κ3) is 1.69. The minimum Gasteiger partial charge on any atom is -0.464 e. The van der Waals surface area contributed by atoms with Crippen LogP contribution >= 0.6 is 11.8 Å². The second kappa shape index (κ2) is 3.76. The number of hydrogen-bond acceptors (Lipinski definition) is 3. The van der Waals surface area contributed by atoms with Crippen LogP contribution in [0.15, 0.2) is 0 Å². The molecule has 1 aliphatic heterocycles. The minimum atomic E-state index is -0.584. The first kappa shape index (κ1) is 9.32. The Labute approximate surface area is 75.5 Å². The Morgan fingerprint density at radius 3 is 2.92 bits per heavy atom. The number of amides is 1. The van der Waals surface area contributed by atoms with Gasteiger partial charge in [-0.1, -0.05) is 0 Å². The molecule has 0 aliphatic carbocycles. The molecule has 0 spiro atoms. The van der Waals surface area contributed by atoms with E-state index in [-0.39, 0.29) is 5.91 Å². The third-order valence-corrected chi connectivity index (χ3v) is 2.13. The molecule has 4 nitrogen and oxygen atoms in total. The number of nitrogens with zero attached hydrogens (tertiary/aromatic N) is 1. The first-order valence-corrected chi connectivity index (χ1v) is 4.15. The van der Waals surface area contributed by atoms with Crippen molar-refractivity contribution in [3.63, 3.8) is 0 Å². The highest BCUT2D eigenvalue weighted by Crippen LogP contribution is 2.21. The molecule has 1 rings (SSSR count). The molecule has 0 radical (unpaired) electrons. The van der Waals surface area contributed by atoms with Crippen LogP contribution in [0.25, 0.3) is 0 Å². The van der Waals surface area contributed by atoms with Gasteiger partial charge in [0, 0.05) is 18.2 Å². The minimum absolute atomic E-state index is 0.213. The van der Waals surface area contributed by atoms with Gasteiger partial charge in [-0.15, -0.1) is 0 Å². The Morgan fingerprint density at radius 1 is 1.83 bits per heavy atom. The molecule has 1 saturated heterocycles. The Morgan fingerprint density at radius 2 is 2.50 bits per heavy atom. The van der Waals surface area contributed by atoms with Crippen LogP contribution in [-0.2, 0) is 14.3 Å². The largest absolute Gasteiger partial charge is 0.464 e. The van der Waals surface area contributed by atoms with Crippen molar-refractivity contribution in [2.24, 2.45) is 0 Å². The van der Waals surface area contributed by atoms with Gasteiger partial charge in [0.2, 0.25) is 5.91 Å². The van der Waals surface area contributed by atoms with E-state index in [4.69, 9.17) is 16.5 Å². The maximum Gasteiger partial charge on any atom is 0.330 e. The monoisotopic (exact) mass is 191 g/mol. The lowest BCUT2D eigenvalue weighted by atomic mass is 10.2. The summed E-state index contributed by atoms with van der Waals surface area (Å²) in [5.41, 5.74) is 0. The number of carbonyl (C=O) groups excluding carboxylic acids is 2. The fourth-order valence-electron chi connectivity index (χ4n) is 1.10. The van der Waals surface area contributed by atoms with Crippen LogP contribution in [0.1, 0.15) is 19.8 Å². The van der Waals surface area contributed by atoms with Crippen molar-refractivity contribution in [1.29, 1.82) is 0 Å². The summed E-state index contributed by atoms with van der Waals surface area (Å²) in [6.45, 7) is 2.03. The van der Waals surface area contributed by atoms with E-state index in [0.717, 1.165) is 4.42 Å². The number of rotatable bonds is 2. The zero-order valence-corrected chi connectivity index (χ0v) is 7.50. The smallest absolute Gasteiger partial charge is 0.330 e. The van der Waals surface area contributed by atoms with Crippen LogP contribution in [-0.4, -0.2) is 28.9 Å². The van der Waals surface area contributed by atoms with Crippen molar-refractivity contribution >= 4 is 23.7 Å². The van der Waals surface area contributed by atoms with E-state index in [1.54, 1.807) is 6.92 Å². The average molecular weight is 192 g/mol. The SMILES string of the molecule is CCOC(=O)C1CCC(=O)N1Cl. The van der Waals surface area contributed by atoms with Gasteiger partial charge in [0.15, 0.2) is 0 Å². The van der Waals surface area contributed by atoms with Gasteiger partial charge >= 0.3 is 5.97 Å². The molecular weight excluding hydrogens is 182 g/mol. The lowest BCUT2D eigenvalue weighted by Gasteiger charge is -2.14. The van der Waals surface area contributed by atoms with Gasteiger partial charge in [-0.25, -0.2) is 9.21 Å². The summed E-state index contributed by atoms with van der Waals surface area (Å²) < 4.78 is 5.66. The molecule has 12 heavy (non-hydrogen) atoms. The van der Waals surface area contributed by atoms with Gasteiger partial charge in [0.25, 0.3) is 0 Å². The normalized spacial score (nSPS) is 23.0. The Balaban J connectivity index is 2.53. The van der Waals surface area contributed by atoms with Crippen LogP contribution in [0.3, 0.4) is 0 Å². The molecule has 0 aromatic rings. The third-order valence-electron chi connectivity index (χ3n) is 1.70. The Hall–Kier alpha value is -0.770. The summed E-state index contributed by atoms with van der Waals surface area (Å²) in [6, 6.07) is -0.584. The zero-order valence-electron chi connectivity index (χ0n) is 6.75. The van der Waals surface area contributed by atoms with Crippen molar-refractivity contribution in [1.82, 2.24) is 4.42 Å². The summed E-state index contributed by atoms with van der Waals surface area (Å²) >= 11 is 5.54. The summed E-state index contributed by atoms with van der Waals surface area (Å²) in [7, 11) is 0. The molecule has 1 heterocycles. The molecule has 0 bridgehead atoms. The highest BCUT2D eigenvalue weighted by Gasteiger charge is 2.36. The molecule has 1 atom stereocenters. The fraction of sp³-hybridized carbons (Fsp3) is 0.714. The van der Waals surface area contributed by atoms with Gasteiger partial charge in [-0.3, -0.25) is 4.79 Å². The molecule has 1 unspecified atom stereocenters. The van der Waals surface area contributed by atoms with Crippen LogP contribution in [0.4, 0.5) is 0 Å². The standard InChI is InChI=1S/C7H10ClNO3/c1-2-12-7(11)5-3-4-6(10)9(5)8/h5H,2-4H2,1H3. The lowest BCUT2D eigenvalue weighted by molar-refractivity contribution is -0.148. The first-order chi connectivity index (χ1) is 5.66. The summed E-state index contributed by atoms with van der Waals surface area (Å²) in [5, 5.41) is 0. The van der Waals surface area contributed by atoms with Crippen molar-refractivity contribution in [3.05, 3.63) is 0 Å². The summed E-state index contributed by atoms with van der Waals surface area (Å²) in [5.74, 6) is -0.631. The number of ether oxygens (including phenoxy) is 1. The van der Waals surface area contributed by atoms with Gasteiger partial charge < -0.3 is 4.74 Å². The molecule has 0 saturated carbocycles. The van der Waals surface area contributed by atoms with E-state index >= 15 is 0 Å². The first-order valence-electron chi connectivity index (χ1n) is 3.81. The molecule has 68 valence electrons. The molecule has 0 aromatic carbocycles. The maximum absolute atomic E-state index is 11.1. The van der Waals surface area contributed by atoms with Gasteiger partial charge in [0.05, 0.1) is 6.61 Å². The topological polar surface area (TPSA) is 46.6 Å². The second-order valence-electron chi connectivity index (χ2n) is 2.51. The van der Waals surface area contributed by atoms with Crippen LogP contribution < -0.4 is 0 Å². The quantitative estimate of drug-likeness (QED) is 0.477. The van der Waals surface area contributed by atoms with Gasteiger partial charge in [-0.05, 0) is 13.3 Å². The predicted octanol–water partition coefficient (Wildman–Crippen LogP) is 0.694. The second-order valence-corrected chi connectivity index (χ2v) is 2.88. The van der Waals surface area contributed by atoms with Crippen molar-refractivity contribution in [2.45, 2.75) is 25.8 Å². The molecule has 0 aromatic heterocycles. The lowest BCUT2D eigenvalue weighted by Crippen LogP contribution is -2.32. The molecule has 0 N–H and O–H groups in total. The highest BCUT2D eigenvalue weighted by atomic mass is 35.5. The van der Waals surface area contributed by atoms with Crippen LogP contribution in [0, 0.1) is 0 Å². The van der Waals surface area contributed by atoms with E-state index in [9.17, 15) is 9.59 Å². The summed E-state index contributed by atoms with van der Waals surface area (Å²) in [4.78, 5) is 22.0. The molecule has 1 aliphatic rings. The van der Waals surface area contributed by atoms with Crippen LogP contribution in [0.2, 0.25) is 0 Å². The number of esters is 1. The van der Waals surface area contributed by atoms with E-state index in [1.165, 1.54) is 0 Å². The Bertz CT molecular complexity index is 207. The molecular formula is C7H10ClNO3. The van der Waals surface area contributed by atoms with Gasteiger partial charge in [-0.2, -0.15) is 0 Å². The van der Waals surface area contributed by atoms with Crippen molar-refractivity contribution < 1.29 is 14.3 Å². The number of carbonyl (C=O) groups is 2. The molecule has 1 fully saturated rings. The van der Waals surface area contributed by atoms with E-state index < -0.39 is 12.0 Å². The predicted molar refractivity (Wildman–Crippen MR) is 42.4 cm³/mol. The summed E-state index contributed by atoms with van der Waals surface area (Å²) in [6.07, 6.45) is 0.786. The van der Waals surface area contributed by atoms with E-state index in [2.05, 4.69) is 0 Å². The number of halogens is 1. The fourth-order valence-corrected chi connectivity index (χ4v) is 1.36. The Kier molecular flexibility index (Phi) is 2.92. The van der Waals surface area contributed by atoms with E-state index in [1.807, 2.05) is 0 Å². The average Bonchev–Trinajstić information content (AvgIpc) is 2.34. The molecule has 1 amide bonds. The van der Waals surface area contributed by atoms with Crippen molar-refractivity contribution in [3.8, 4) is 0 Å².